The molecule has 8 heteroatoms. The number of hydrogen-bond acceptors (Lipinski definition) is 3. The second-order valence-electron chi connectivity index (χ2n) is 3.56. The van der Waals surface area contributed by atoms with E-state index < -0.39 is 13.8 Å². The molecule has 18 heavy (non-hydrogen) atoms. The molecule has 7 nitrogen and oxygen atoms in total. The van der Waals surface area contributed by atoms with Gasteiger partial charge in [-0.1, -0.05) is 32.3 Å². The molecule has 0 unspecified atom stereocenters. The Morgan fingerprint density at radius 3 is 2.00 bits per heavy atom. The molecule has 0 aliphatic carbocycles. The van der Waals surface area contributed by atoms with Crippen LogP contribution < -0.4 is 0 Å². The molecular formula is C10H21O7P. The average molecular weight is 284 g/mol. The summed E-state index contributed by atoms with van der Waals surface area (Å²) in [5.41, 5.74) is 0.108. The number of unbranched alkanes of at least 4 members (excludes halogenated alkanes) is 4. The number of rotatable bonds is 7. The van der Waals surface area contributed by atoms with Gasteiger partial charge in [0.25, 0.3) is 0 Å². The van der Waals surface area contributed by atoms with Gasteiger partial charge in [-0.2, -0.15) is 0 Å². The zero-order chi connectivity index (χ0) is 14.6. The molecular weight excluding hydrogens is 263 g/mol. The first-order chi connectivity index (χ1) is 8.22. The first-order valence-electron chi connectivity index (χ1n) is 5.53. The quantitative estimate of drug-likeness (QED) is 0.267. The smallest absolute Gasteiger partial charge is 0.466 e. The predicted octanol–water partition coefficient (Wildman–Crippen LogP) is 1.03. The van der Waals surface area contributed by atoms with E-state index in [1.165, 1.54) is 12.8 Å². The van der Waals surface area contributed by atoms with Gasteiger partial charge in [0.1, 0.15) is 0 Å². The molecule has 0 saturated heterocycles. The molecule has 0 saturated carbocycles. The average Bonchev–Trinajstić information content (AvgIpc) is 2.20. The number of aliphatic carboxylic acids is 1. The Kier molecular flexibility index (Phi) is 12.4. The third kappa shape index (κ3) is 20.7. The van der Waals surface area contributed by atoms with E-state index in [4.69, 9.17) is 29.5 Å². The molecule has 5 N–H and O–H groups in total. The first-order valence-corrected chi connectivity index (χ1v) is 7.10. The highest BCUT2D eigenvalue weighted by molar-refractivity contribution is 7.45. The number of phosphoric acid groups is 1. The van der Waals surface area contributed by atoms with E-state index in [9.17, 15) is 4.79 Å². The van der Waals surface area contributed by atoms with Crippen LogP contribution >= 0.6 is 7.82 Å². The van der Waals surface area contributed by atoms with Crippen LogP contribution in [0.25, 0.3) is 0 Å². The lowest BCUT2D eigenvalue weighted by Crippen LogP contribution is -2.04. The second-order valence-corrected chi connectivity index (χ2v) is 4.58. The van der Waals surface area contributed by atoms with E-state index in [2.05, 4.69) is 6.92 Å². The molecule has 0 atom stereocenters. The van der Waals surface area contributed by atoms with Gasteiger partial charge in [-0.05, 0) is 12.8 Å². The van der Waals surface area contributed by atoms with E-state index in [0.29, 0.717) is 0 Å². The van der Waals surface area contributed by atoms with Crippen molar-refractivity contribution >= 4 is 13.8 Å². The van der Waals surface area contributed by atoms with E-state index in [1.807, 2.05) is 0 Å². The zero-order valence-corrected chi connectivity index (χ0v) is 11.2. The molecule has 108 valence electrons. The third-order valence-electron chi connectivity index (χ3n) is 1.89. The molecule has 0 aromatic rings. The summed E-state index contributed by atoms with van der Waals surface area (Å²) in [6.45, 7) is 1.76. The highest BCUT2D eigenvalue weighted by Gasteiger charge is 2.03. The van der Waals surface area contributed by atoms with Crippen LogP contribution in [0.3, 0.4) is 0 Å². The fourth-order valence-corrected chi connectivity index (χ4v) is 1.07. The first kappa shape index (κ1) is 19.6. The summed E-state index contributed by atoms with van der Waals surface area (Å²) in [5, 5.41) is 17.2. The zero-order valence-electron chi connectivity index (χ0n) is 10.3. The standard InChI is InChI=1S/C10H18O3.H3O4P/c1-2-3-4-5-6-7-9(8-11)10(12)13;1-5(2,3)4/h7,11H,2-6,8H2,1H3,(H,12,13);(H3,1,2,3,4)/b9-7-;. The summed E-state index contributed by atoms with van der Waals surface area (Å²) in [6, 6.07) is 0. The lowest BCUT2D eigenvalue weighted by atomic mass is 10.1. The Balaban J connectivity index is 0. The minimum absolute atomic E-state index is 0.108. The molecule has 0 fully saturated rings. The van der Waals surface area contributed by atoms with Gasteiger partial charge in [-0.25, -0.2) is 9.36 Å². The van der Waals surface area contributed by atoms with Crippen molar-refractivity contribution < 1.29 is 34.3 Å². The number of carbonyl (C=O) groups is 1. The molecule has 0 aliphatic rings. The van der Waals surface area contributed by atoms with Crippen molar-refractivity contribution in [3.05, 3.63) is 11.6 Å². The highest BCUT2D eigenvalue weighted by atomic mass is 31.2. The van der Waals surface area contributed by atoms with Crippen molar-refractivity contribution in [2.45, 2.75) is 39.0 Å². The van der Waals surface area contributed by atoms with Crippen LogP contribution in [-0.2, 0) is 9.36 Å². The lowest BCUT2D eigenvalue weighted by molar-refractivity contribution is -0.133. The second kappa shape index (κ2) is 11.4. The van der Waals surface area contributed by atoms with Crippen LogP contribution in [0.4, 0.5) is 0 Å². The maximum Gasteiger partial charge on any atom is 0.466 e. The van der Waals surface area contributed by atoms with E-state index >= 15 is 0 Å². The van der Waals surface area contributed by atoms with Crippen LogP contribution in [0.15, 0.2) is 11.6 Å². The van der Waals surface area contributed by atoms with Crippen molar-refractivity contribution in [2.75, 3.05) is 6.61 Å². The summed E-state index contributed by atoms with van der Waals surface area (Å²) in [4.78, 5) is 32.0. The van der Waals surface area contributed by atoms with Gasteiger partial charge in [0.2, 0.25) is 0 Å². The number of hydrogen-bond donors (Lipinski definition) is 5. The van der Waals surface area contributed by atoms with Gasteiger partial charge < -0.3 is 24.9 Å². The van der Waals surface area contributed by atoms with Crippen molar-refractivity contribution in [3.8, 4) is 0 Å². The molecule has 0 amide bonds. The molecule has 0 rings (SSSR count). The van der Waals surface area contributed by atoms with Gasteiger partial charge in [-0.3, -0.25) is 0 Å². The Morgan fingerprint density at radius 1 is 1.17 bits per heavy atom. The fourth-order valence-electron chi connectivity index (χ4n) is 1.07. The Bertz CT molecular complexity index is 286. The van der Waals surface area contributed by atoms with E-state index in [1.54, 1.807) is 6.08 Å². The van der Waals surface area contributed by atoms with Gasteiger partial charge in [0, 0.05) is 0 Å². The molecule has 0 aromatic carbocycles. The topological polar surface area (TPSA) is 135 Å². The monoisotopic (exact) mass is 284 g/mol. The maximum atomic E-state index is 10.4. The minimum atomic E-state index is -4.64. The van der Waals surface area contributed by atoms with Crippen LogP contribution in [0.2, 0.25) is 0 Å². The minimum Gasteiger partial charge on any atom is -0.478 e. The number of allylic oxidation sites excluding steroid dienone is 1. The predicted molar refractivity (Wildman–Crippen MR) is 65.8 cm³/mol. The van der Waals surface area contributed by atoms with Crippen LogP contribution in [-0.4, -0.2) is 37.5 Å². The molecule has 0 aromatic heterocycles. The summed E-state index contributed by atoms with van der Waals surface area (Å²) in [5.74, 6) is -1.02. The van der Waals surface area contributed by atoms with Crippen molar-refractivity contribution in [2.24, 2.45) is 0 Å². The van der Waals surface area contributed by atoms with Gasteiger partial charge in [-0.15, -0.1) is 0 Å². The molecule has 0 radical (unpaired) electrons. The van der Waals surface area contributed by atoms with Gasteiger partial charge in [0.05, 0.1) is 12.2 Å². The van der Waals surface area contributed by atoms with E-state index in [-0.39, 0.29) is 12.2 Å². The molecule has 0 aliphatic heterocycles. The van der Waals surface area contributed by atoms with Crippen molar-refractivity contribution in [1.29, 1.82) is 0 Å². The van der Waals surface area contributed by atoms with Crippen LogP contribution in [0.5, 0.6) is 0 Å². The van der Waals surface area contributed by atoms with E-state index in [0.717, 1.165) is 19.3 Å². The Hall–Kier alpha value is -0.720. The van der Waals surface area contributed by atoms with Crippen LogP contribution in [0, 0.1) is 0 Å². The lowest BCUT2D eigenvalue weighted by Gasteiger charge is -1.97. The van der Waals surface area contributed by atoms with Crippen molar-refractivity contribution in [1.82, 2.24) is 0 Å². The Labute approximate surface area is 106 Å². The van der Waals surface area contributed by atoms with Gasteiger partial charge >= 0.3 is 13.8 Å². The Morgan fingerprint density at radius 2 is 1.67 bits per heavy atom. The molecule has 0 heterocycles. The SMILES string of the molecule is CCCCCC/C=C(/CO)C(=O)O.O=P(O)(O)O. The summed E-state index contributed by atoms with van der Waals surface area (Å²) < 4.78 is 8.88. The number of carboxylic acids is 1. The molecule has 0 bridgehead atoms. The van der Waals surface area contributed by atoms with Gasteiger partial charge in [0.15, 0.2) is 0 Å². The normalized spacial score (nSPS) is 11.7. The number of carboxylic acid groups (broad SMARTS) is 1. The summed E-state index contributed by atoms with van der Waals surface area (Å²) in [7, 11) is -4.64. The largest absolute Gasteiger partial charge is 0.478 e. The highest BCUT2D eigenvalue weighted by Crippen LogP contribution is 2.25. The third-order valence-corrected chi connectivity index (χ3v) is 1.89. The van der Waals surface area contributed by atoms with Crippen LogP contribution in [0.1, 0.15) is 39.0 Å². The maximum absolute atomic E-state index is 10.4. The number of aliphatic hydroxyl groups is 1. The summed E-state index contributed by atoms with van der Waals surface area (Å²) >= 11 is 0. The fraction of sp³-hybridized carbons (Fsp3) is 0.700. The van der Waals surface area contributed by atoms with Crippen molar-refractivity contribution in [3.63, 3.8) is 0 Å². The molecule has 0 spiro atoms. The summed E-state index contributed by atoms with van der Waals surface area (Å²) in [6.07, 6.45) is 6.86. The number of aliphatic hydroxyl groups excluding tert-OH is 1.